The van der Waals surface area contributed by atoms with Gasteiger partial charge in [0, 0.05) is 5.75 Å². The molecule has 0 saturated carbocycles. The molecule has 0 atom stereocenters. The van der Waals surface area contributed by atoms with Crippen molar-refractivity contribution < 1.29 is 0 Å². The Hall–Kier alpha value is -0.720. The predicted molar refractivity (Wildman–Crippen MR) is 59.5 cm³/mol. The van der Waals surface area contributed by atoms with Crippen LogP contribution < -0.4 is 0 Å². The van der Waals surface area contributed by atoms with E-state index in [4.69, 9.17) is 16.9 Å². The highest BCUT2D eigenvalue weighted by Gasteiger charge is 2.04. The minimum absolute atomic E-state index is 0.306. The number of hydrogen-bond acceptors (Lipinski definition) is 3. The van der Waals surface area contributed by atoms with E-state index in [-0.39, 0.29) is 0 Å². The summed E-state index contributed by atoms with van der Waals surface area (Å²) in [6.45, 7) is 4.29. The summed E-state index contributed by atoms with van der Waals surface area (Å²) in [4.78, 5) is 4.13. The molecule has 0 radical (unpaired) electrons. The van der Waals surface area contributed by atoms with Gasteiger partial charge in [-0.05, 0) is 18.1 Å². The van der Waals surface area contributed by atoms with Crippen molar-refractivity contribution in [3.05, 3.63) is 22.8 Å². The first-order valence-corrected chi connectivity index (χ1v) is 5.69. The first kappa shape index (κ1) is 11.4. The van der Waals surface area contributed by atoms with E-state index in [2.05, 4.69) is 18.8 Å². The summed E-state index contributed by atoms with van der Waals surface area (Å²) in [6, 6.07) is 5.53. The van der Waals surface area contributed by atoms with Crippen LogP contribution in [0.15, 0.2) is 17.2 Å². The third kappa shape index (κ3) is 3.21. The van der Waals surface area contributed by atoms with Gasteiger partial charge in [-0.3, -0.25) is 0 Å². The molecule has 0 amide bonds. The standard InChI is InChI=1S/C10H11ClN2S/c1-7(2)6-14-10-4-3-8(11)9(5-12)13-10/h3-4,7H,6H2,1-2H3. The first-order valence-electron chi connectivity index (χ1n) is 4.33. The molecule has 74 valence electrons. The van der Waals surface area contributed by atoms with Crippen molar-refractivity contribution in [2.24, 2.45) is 5.92 Å². The van der Waals surface area contributed by atoms with Crippen LogP contribution in [0.25, 0.3) is 0 Å². The molecule has 0 aromatic carbocycles. The Morgan fingerprint density at radius 3 is 2.86 bits per heavy atom. The van der Waals surface area contributed by atoms with E-state index in [9.17, 15) is 0 Å². The molecule has 4 heteroatoms. The SMILES string of the molecule is CC(C)CSc1ccc(Cl)c(C#N)n1. The summed E-state index contributed by atoms with van der Waals surface area (Å²) < 4.78 is 0. The Morgan fingerprint density at radius 1 is 1.57 bits per heavy atom. The van der Waals surface area contributed by atoms with Gasteiger partial charge in [-0.15, -0.1) is 11.8 Å². The van der Waals surface area contributed by atoms with E-state index >= 15 is 0 Å². The summed E-state index contributed by atoms with van der Waals surface area (Å²) >= 11 is 7.41. The molecule has 1 aromatic heterocycles. The number of thioether (sulfide) groups is 1. The highest BCUT2D eigenvalue weighted by Crippen LogP contribution is 2.22. The van der Waals surface area contributed by atoms with Crippen LogP contribution >= 0.6 is 23.4 Å². The van der Waals surface area contributed by atoms with Gasteiger partial charge in [0.15, 0.2) is 5.69 Å². The maximum Gasteiger partial charge on any atom is 0.160 e. The second kappa shape index (κ2) is 5.23. The highest BCUT2D eigenvalue weighted by molar-refractivity contribution is 7.99. The maximum absolute atomic E-state index is 8.71. The topological polar surface area (TPSA) is 36.7 Å². The fourth-order valence-electron chi connectivity index (χ4n) is 0.835. The van der Waals surface area contributed by atoms with E-state index in [1.807, 2.05) is 12.1 Å². The fraction of sp³-hybridized carbons (Fsp3) is 0.400. The number of hydrogen-bond donors (Lipinski definition) is 0. The summed E-state index contributed by atoms with van der Waals surface area (Å²) in [5.41, 5.74) is 0.306. The molecule has 0 fully saturated rings. The van der Waals surface area contributed by atoms with Gasteiger partial charge >= 0.3 is 0 Å². The lowest BCUT2D eigenvalue weighted by molar-refractivity contribution is 0.749. The van der Waals surface area contributed by atoms with Gasteiger partial charge in [0.1, 0.15) is 6.07 Å². The van der Waals surface area contributed by atoms with Crippen molar-refractivity contribution in [1.29, 1.82) is 5.26 Å². The van der Waals surface area contributed by atoms with Gasteiger partial charge in [0.25, 0.3) is 0 Å². The molecule has 0 bridgehead atoms. The van der Waals surface area contributed by atoms with Crippen LogP contribution in [0, 0.1) is 17.2 Å². The highest BCUT2D eigenvalue weighted by atomic mass is 35.5. The van der Waals surface area contributed by atoms with Crippen LogP contribution in [0.3, 0.4) is 0 Å². The zero-order valence-electron chi connectivity index (χ0n) is 8.12. The van der Waals surface area contributed by atoms with Gasteiger partial charge in [-0.25, -0.2) is 4.98 Å². The van der Waals surface area contributed by atoms with Crippen molar-refractivity contribution in [3.63, 3.8) is 0 Å². The Morgan fingerprint density at radius 2 is 2.29 bits per heavy atom. The Bertz CT molecular complexity index is 358. The number of rotatable bonds is 3. The number of pyridine rings is 1. The van der Waals surface area contributed by atoms with Crippen LogP contribution in [0.2, 0.25) is 5.02 Å². The molecule has 1 heterocycles. The Labute approximate surface area is 93.3 Å². The zero-order chi connectivity index (χ0) is 10.6. The van der Waals surface area contributed by atoms with Gasteiger partial charge in [0.2, 0.25) is 0 Å². The lowest BCUT2D eigenvalue weighted by Crippen LogP contribution is -1.93. The van der Waals surface area contributed by atoms with Gasteiger partial charge in [-0.2, -0.15) is 5.26 Å². The number of halogens is 1. The largest absolute Gasteiger partial charge is 0.229 e. The molecule has 1 aromatic rings. The van der Waals surface area contributed by atoms with E-state index in [0.717, 1.165) is 10.8 Å². The van der Waals surface area contributed by atoms with Crippen LogP contribution in [0.1, 0.15) is 19.5 Å². The van der Waals surface area contributed by atoms with Crippen molar-refractivity contribution >= 4 is 23.4 Å². The maximum atomic E-state index is 8.71. The average molecular weight is 227 g/mol. The fourth-order valence-corrected chi connectivity index (χ4v) is 1.81. The number of nitriles is 1. The molecule has 14 heavy (non-hydrogen) atoms. The Balaban J connectivity index is 2.76. The normalized spacial score (nSPS) is 10.2. The van der Waals surface area contributed by atoms with Gasteiger partial charge < -0.3 is 0 Å². The molecule has 0 saturated heterocycles. The molecular weight excluding hydrogens is 216 g/mol. The van der Waals surface area contributed by atoms with E-state index in [0.29, 0.717) is 16.6 Å². The van der Waals surface area contributed by atoms with Crippen molar-refractivity contribution in [3.8, 4) is 6.07 Å². The van der Waals surface area contributed by atoms with Crippen LogP contribution in [0.5, 0.6) is 0 Å². The van der Waals surface area contributed by atoms with Crippen LogP contribution in [-0.4, -0.2) is 10.7 Å². The minimum atomic E-state index is 0.306. The molecule has 0 N–H and O–H groups in total. The second-order valence-corrected chi connectivity index (χ2v) is 4.74. The molecule has 0 aliphatic heterocycles. The number of nitrogens with zero attached hydrogens (tertiary/aromatic N) is 2. The van der Waals surface area contributed by atoms with Gasteiger partial charge in [-0.1, -0.05) is 25.4 Å². The van der Waals surface area contributed by atoms with Crippen molar-refractivity contribution in [2.45, 2.75) is 18.9 Å². The van der Waals surface area contributed by atoms with E-state index in [1.165, 1.54) is 0 Å². The van der Waals surface area contributed by atoms with Crippen molar-refractivity contribution in [2.75, 3.05) is 5.75 Å². The molecule has 0 unspecified atom stereocenters. The molecule has 0 aliphatic rings. The molecule has 0 aliphatic carbocycles. The molecular formula is C10H11ClN2S. The monoisotopic (exact) mass is 226 g/mol. The summed E-state index contributed by atoms with van der Waals surface area (Å²) in [5.74, 6) is 1.61. The van der Waals surface area contributed by atoms with Crippen LogP contribution in [0.4, 0.5) is 0 Å². The third-order valence-corrected chi connectivity index (χ3v) is 3.15. The summed E-state index contributed by atoms with van der Waals surface area (Å²) in [7, 11) is 0. The third-order valence-electron chi connectivity index (χ3n) is 1.49. The number of aromatic nitrogens is 1. The smallest absolute Gasteiger partial charge is 0.160 e. The first-order chi connectivity index (χ1) is 6.63. The van der Waals surface area contributed by atoms with Crippen molar-refractivity contribution in [1.82, 2.24) is 4.98 Å². The lowest BCUT2D eigenvalue weighted by atomic mass is 10.3. The lowest BCUT2D eigenvalue weighted by Gasteiger charge is -2.04. The molecule has 0 spiro atoms. The summed E-state index contributed by atoms with van der Waals surface area (Å²) in [5, 5.41) is 9.99. The molecule has 1 rings (SSSR count). The van der Waals surface area contributed by atoms with Gasteiger partial charge in [0.05, 0.1) is 10.0 Å². The van der Waals surface area contributed by atoms with Crippen LogP contribution in [-0.2, 0) is 0 Å². The predicted octanol–water partition coefficient (Wildman–Crippen LogP) is 3.35. The van der Waals surface area contributed by atoms with E-state index < -0.39 is 0 Å². The minimum Gasteiger partial charge on any atom is -0.229 e. The average Bonchev–Trinajstić information content (AvgIpc) is 2.16. The van der Waals surface area contributed by atoms with E-state index in [1.54, 1.807) is 17.8 Å². The zero-order valence-corrected chi connectivity index (χ0v) is 9.69. The second-order valence-electron chi connectivity index (χ2n) is 3.30. The molecule has 2 nitrogen and oxygen atoms in total. The summed E-state index contributed by atoms with van der Waals surface area (Å²) in [6.07, 6.45) is 0. The Kier molecular flexibility index (Phi) is 4.24. The quantitative estimate of drug-likeness (QED) is 0.742.